The molecule has 0 aliphatic rings. The summed E-state index contributed by atoms with van der Waals surface area (Å²) in [6.45, 7) is 2.65. The molecule has 1 aromatic heterocycles. The zero-order valence-electron chi connectivity index (χ0n) is 11.3. The Kier molecular flexibility index (Phi) is 4.59. The summed E-state index contributed by atoms with van der Waals surface area (Å²) >= 11 is 0. The van der Waals surface area contributed by atoms with Crippen molar-refractivity contribution in [2.45, 2.75) is 19.5 Å². The maximum atomic E-state index is 13.1. The van der Waals surface area contributed by atoms with Crippen LogP contribution in [0.15, 0.2) is 30.6 Å². The molecule has 0 fully saturated rings. The highest BCUT2D eigenvalue weighted by molar-refractivity contribution is 5.21. The van der Waals surface area contributed by atoms with Crippen LogP contribution in [0.4, 0.5) is 14.5 Å². The van der Waals surface area contributed by atoms with Gasteiger partial charge in [0, 0.05) is 18.7 Å². The van der Waals surface area contributed by atoms with Gasteiger partial charge in [0.05, 0.1) is 11.5 Å². The number of halogens is 2. The first-order valence-electron chi connectivity index (χ1n) is 6.32. The lowest BCUT2D eigenvalue weighted by molar-refractivity contribution is -0.385. The van der Waals surface area contributed by atoms with Crippen molar-refractivity contribution in [3.05, 3.63) is 57.9 Å². The van der Waals surface area contributed by atoms with Crippen LogP contribution in [0.1, 0.15) is 18.5 Å². The van der Waals surface area contributed by atoms with Crippen LogP contribution in [0.3, 0.4) is 0 Å². The number of aromatic nitrogens is 2. The zero-order valence-corrected chi connectivity index (χ0v) is 11.3. The molecular formula is C13H14F2N4O2. The van der Waals surface area contributed by atoms with Crippen LogP contribution in [0.25, 0.3) is 0 Å². The maximum Gasteiger partial charge on any atom is 0.306 e. The molecule has 0 bridgehead atoms. The topological polar surface area (TPSA) is 73.0 Å². The van der Waals surface area contributed by atoms with Crippen molar-refractivity contribution in [1.29, 1.82) is 0 Å². The van der Waals surface area contributed by atoms with Crippen molar-refractivity contribution in [3.63, 3.8) is 0 Å². The predicted molar refractivity (Wildman–Crippen MR) is 71.7 cm³/mol. The number of benzene rings is 1. The number of hydrogen-bond donors (Lipinski definition) is 1. The van der Waals surface area contributed by atoms with Crippen LogP contribution in [0, 0.1) is 21.7 Å². The van der Waals surface area contributed by atoms with Gasteiger partial charge < -0.3 is 5.32 Å². The molecule has 8 heteroatoms. The summed E-state index contributed by atoms with van der Waals surface area (Å²) in [5.74, 6) is -1.25. The molecule has 112 valence electrons. The minimum Gasteiger partial charge on any atom is -0.308 e. The standard InChI is InChI=1S/C13H14F2N4O2/c1-9(10-4-11(14)6-12(15)5-10)16-2-3-18-8-13(7-17-18)19(20)21/h4-9,16H,2-3H2,1H3/t9-/m1/s1. The number of hydrogen-bond acceptors (Lipinski definition) is 4. The molecular weight excluding hydrogens is 282 g/mol. The first-order valence-corrected chi connectivity index (χ1v) is 6.32. The molecule has 2 aromatic rings. The fourth-order valence-corrected chi connectivity index (χ4v) is 1.91. The highest BCUT2D eigenvalue weighted by atomic mass is 19.1. The normalized spacial score (nSPS) is 12.3. The van der Waals surface area contributed by atoms with Crippen molar-refractivity contribution < 1.29 is 13.7 Å². The summed E-state index contributed by atoms with van der Waals surface area (Å²) < 4.78 is 27.7. The average molecular weight is 296 g/mol. The molecule has 1 aromatic carbocycles. The minimum atomic E-state index is -0.624. The maximum absolute atomic E-state index is 13.1. The van der Waals surface area contributed by atoms with Crippen LogP contribution in [0.5, 0.6) is 0 Å². The fourth-order valence-electron chi connectivity index (χ4n) is 1.91. The minimum absolute atomic E-state index is 0.0738. The molecule has 1 heterocycles. The first kappa shape index (κ1) is 15.0. The zero-order chi connectivity index (χ0) is 15.4. The molecule has 0 saturated heterocycles. The van der Waals surface area contributed by atoms with E-state index in [9.17, 15) is 18.9 Å². The Hall–Kier alpha value is -2.35. The van der Waals surface area contributed by atoms with Crippen LogP contribution < -0.4 is 5.32 Å². The summed E-state index contributed by atoms with van der Waals surface area (Å²) in [5.41, 5.74) is 0.425. The van der Waals surface area contributed by atoms with Crippen LogP contribution in [-0.2, 0) is 6.54 Å². The molecule has 1 atom stereocenters. The van der Waals surface area contributed by atoms with Gasteiger partial charge in [-0.05, 0) is 24.6 Å². The van der Waals surface area contributed by atoms with Gasteiger partial charge in [-0.1, -0.05) is 0 Å². The molecule has 0 saturated carbocycles. The Morgan fingerprint density at radius 1 is 1.38 bits per heavy atom. The van der Waals surface area contributed by atoms with Gasteiger partial charge in [0.2, 0.25) is 0 Å². The second kappa shape index (κ2) is 6.40. The summed E-state index contributed by atoms with van der Waals surface area (Å²) in [4.78, 5) is 9.99. The molecule has 0 spiro atoms. The third kappa shape index (κ3) is 4.06. The number of nitrogens with zero attached hydrogens (tertiary/aromatic N) is 3. The summed E-state index contributed by atoms with van der Waals surface area (Å²) in [6.07, 6.45) is 2.50. The Labute approximate surface area is 119 Å². The van der Waals surface area contributed by atoms with E-state index in [1.807, 2.05) is 0 Å². The van der Waals surface area contributed by atoms with E-state index >= 15 is 0 Å². The van der Waals surface area contributed by atoms with E-state index < -0.39 is 16.6 Å². The third-order valence-electron chi connectivity index (χ3n) is 3.01. The van der Waals surface area contributed by atoms with Crippen LogP contribution in [0.2, 0.25) is 0 Å². The Balaban J connectivity index is 1.88. The van der Waals surface area contributed by atoms with Gasteiger partial charge >= 0.3 is 5.69 Å². The lowest BCUT2D eigenvalue weighted by Crippen LogP contribution is -2.23. The van der Waals surface area contributed by atoms with Crippen molar-refractivity contribution >= 4 is 5.69 Å². The second-order valence-electron chi connectivity index (χ2n) is 4.60. The monoisotopic (exact) mass is 296 g/mol. The van der Waals surface area contributed by atoms with Gasteiger partial charge in [-0.3, -0.25) is 14.8 Å². The predicted octanol–water partition coefficient (Wildman–Crippen LogP) is 2.42. The fraction of sp³-hybridized carbons (Fsp3) is 0.308. The molecule has 0 amide bonds. The molecule has 0 unspecified atom stereocenters. The molecule has 0 aliphatic heterocycles. The Morgan fingerprint density at radius 3 is 2.62 bits per heavy atom. The highest BCUT2D eigenvalue weighted by Crippen LogP contribution is 2.15. The van der Waals surface area contributed by atoms with Crippen molar-refractivity contribution in [3.8, 4) is 0 Å². The number of rotatable bonds is 6. The molecule has 1 N–H and O–H groups in total. The summed E-state index contributed by atoms with van der Waals surface area (Å²) in [7, 11) is 0. The first-order chi connectivity index (χ1) is 9.95. The molecule has 2 rings (SSSR count). The van der Waals surface area contributed by atoms with E-state index in [4.69, 9.17) is 0 Å². The Morgan fingerprint density at radius 2 is 2.05 bits per heavy atom. The SMILES string of the molecule is C[C@@H](NCCn1cc([N+](=O)[O-])cn1)c1cc(F)cc(F)c1. The molecule has 6 nitrogen and oxygen atoms in total. The molecule has 0 aliphatic carbocycles. The highest BCUT2D eigenvalue weighted by Gasteiger charge is 2.10. The number of nitrogens with one attached hydrogen (secondary N) is 1. The van der Waals surface area contributed by atoms with E-state index in [1.165, 1.54) is 29.2 Å². The van der Waals surface area contributed by atoms with E-state index in [2.05, 4.69) is 10.4 Å². The van der Waals surface area contributed by atoms with Crippen molar-refractivity contribution in [2.75, 3.05) is 6.54 Å². The molecule has 21 heavy (non-hydrogen) atoms. The van der Waals surface area contributed by atoms with E-state index in [-0.39, 0.29) is 11.7 Å². The largest absolute Gasteiger partial charge is 0.308 e. The van der Waals surface area contributed by atoms with Gasteiger partial charge in [-0.25, -0.2) is 8.78 Å². The summed E-state index contributed by atoms with van der Waals surface area (Å²) in [6, 6.07) is 3.10. The lowest BCUT2D eigenvalue weighted by atomic mass is 10.1. The van der Waals surface area contributed by atoms with Gasteiger partial charge in [0.1, 0.15) is 24.0 Å². The summed E-state index contributed by atoms with van der Waals surface area (Å²) in [5, 5.41) is 17.4. The van der Waals surface area contributed by atoms with E-state index in [0.717, 1.165) is 6.07 Å². The van der Waals surface area contributed by atoms with Crippen LogP contribution in [-0.4, -0.2) is 21.2 Å². The smallest absolute Gasteiger partial charge is 0.306 e. The van der Waals surface area contributed by atoms with Crippen molar-refractivity contribution in [2.24, 2.45) is 0 Å². The van der Waals surface area contributed by atoms with E-state index in [1.54, 1.807) is 6.92 Å². The van der Waals surface area contributed by atoms with Gasteiger partial charge in [-0.2, -0.15) is 5.10 Å². The van der Waals surface area contributed by atoms with Gasteiger partial charge in [0.15, 0.2) is 0 Å². The van der Waals surface area contributed by atoms with Crippen LogP contribution >= 0.6 is 0 Å². The third-order valence-corrected chi connectivity index (χ3v) is 3.01. The van der Waals surface area contributed by atoms with Gasteiger partial charge in [-0.15, -0.1) is 0 Å². The number of nitro groups is 1. The molecule has 0 radical (unpaired) electrons. The lowest BCUT2D eigenvalue weighted by Gasteiger charge is -2.14. The Bertz CT molecular complexity index is 625. The second-order valence-corrected chi connectivity index (χ2v) is 4.60. The van der Waals surface area contributed by atoms with Crippen molar-refractivity contribution in [1.82, 2.24) is 15.1 Å². The van der Waals surface area contributed by atoms with E-state index in [0.29, 0.717) is 18.7 Å². The van der Waals surface area contributed by atoms with Gasteiger partial charge in [0.25, 0.3) is 0 Å². The average Bonchev–Trinajstić information content (AvgIpc) is 2.86. The quantitative estimate of drug-likeness (QED) is 0.656.